The maximum absolute atomic E-state index is 13.4. The van der Waals surface area contributed by atoms with Gasteiger partial charge in [-0.1, -0.05) is 37.3 Å². The van der Waals surface area contributed by atoms with Crippen molar-refractivity contribution in [1.82, 2.24) is 9.55 Å². The molecule has 4 rings (SSSR count). The minimum atomic E-state index is -0.671. The monoisotopic (exact) mass is 367 g/mol. The summed E-state index contributed by atoms with van der Waals surface area (Å²) >= 11 is 1.62. The van der Waals surface area contributed by atoms with Crippen LogP contribution in [0.3, 0.4) is 0 Å². The number of carbonyl (C=O) groups is 1. The third-order valence-corrected chi connectivity index (χ3v) is 6.26. The van der Waals surface area contributed by atoms with Gasteiger partial charge in [0.2, 0.25) is 5.91 Å². The molecule has 1 aliphatic carbocycles. The number of rotatable bonds is 5. The number of benzene rings is 1. The second-order valence-electron chi connectivity index (χ2n) is 6.73. The summed E-state index contributed by atoms with van der Waals surface area (Å²) in [4.78, 5) is 32.3. The van der Waals surface area contributed by atoms with Gasteiger partial charge < -0.3 is 5.73 Å². The van der Waals surface area contributed by atoms with Crippen molar-refractivity contribution in [1.29, 1.82) is 0 Å². The Labute approximate surface area is 155 Å². The first kappa shape index (κ1) is 17.0. The number of thiophene rings is 1. The van der Waals surface area contributed by atoms with Crippen LogP contribution in [0.15, 0.2) is 35.1 Å². The van der Waals surface area contributed by atoms with Crippen molar-refractivity contribution in [2.75, 3.05) is 0 Å². The van der Waals surface area contributed by atoms with E-state index in [1.165, 1.54) is 4.88 Å². The minimum Gasteiger partial charge on any atom is -0.368 e. The number of aryl methyl sites for hydroxylation is 2. The van der Waals surface area contributed by atoms with Crippen LogP contribution >= 0.6 is 11.3 Å². The van der Waals surface area contributed by atoms with E-state index in [2.05, 4.69) is 0 Å². The van der Waals surface area contributed by atoms with Gasteiger partial charge in [0.05, 0.1) is 5.39 Å². The van der Waals surface area contributed by atoms with E-state index in [1.54, 1.807) is 15.9 Å². The van der Waals surface area contributed by atoms with Gasteiger partial charge in [-0.3, -0.25) is 14.2 Å². The van der Waals surface area contributed by atoms with Gasteiger partial charge in [0, 0.05) is 11.3 Å². The zero-order valence-corrected chi connectivity index (χ0v) is 15.5. The van der Waals surface area contributed by atoms with Gasteiger partial charge in [-0.15, -0.1) is 11.3 Å². The first-order valence-corrected chi connectivity index (χ1v) is 9.80. The average Bonchev–Trinajstić information content (AvgIpc) is 3.19. The van der Waals surface area contributed by atoms with Crippen LogP contribution in [-0.4, -0.2) is 15.5 Å². The summed E-state index contributed by atoms with van der Waals surface area (Å²) in [7, 11) is 0. The Balaban J connectivity index is 1.96. The van der Waals surface area contributed by atoms with Gasteiger partial charge in [0.25, 0.3) is 5.56 Å². The highest BCUT2D eigenvalue weighted by molar-refractivity contribution is 7.18. The molecule has 0 spiro atoms. The van der Waals surface area contributed by atoms with E-state index in [1.807, 2.05) is 37.3 Å². The van der Waals surface area contributed by atoms with E-state index in [0.29, 0.717) is 24.1 Å². The molecule has 2 aromatic heterocycles. The molecule has 1 atom stereocenters. The molecule has 0 saturated carbocycles. The Hall–Kier alpha value is -2.47. The summed E-state index contributed by atoms with van der Waals surface area (Å²) in [5.41, 5.74) is 7.68. The van der Waals surface area contributed by atoms with Crippen LogP contribution in [0.1, 0.15) is 47.6 Å². The molecule has 0 radical (unpaired) electrons. The molecule has 26 heavy (non-hydrogen) atoms. The lowest BCUT2D eigenvalue weighted by Gasteiger charge is -2.19. The summed E-state index contributed by atoms with van der Waals surface area (Å²) in [5.74, 6) is 0.121. The Morgan fingerprint density at radius 3 is 2.77 bits per heavy atom. The van der Waals surface area contributed by atoms with Crippen molar-refractivity contribution in [3.05, 3.63) is 62.5 Å². The Morgan fingerprint density at radius 2 is 2.08 bits per heavy atom. The van der Waals surface area contributed by atoms with Gasteiger partial charge in [0.15, 0.2) is 0 Å². The predicted octanol–water partition coefficient (Wildman–Crippen LogP) is 2.97. The van der Waals surface area contributed by atoms with Crippen molar-refractivity contribution >= 4 is 27.5 Å². The summed E-state index contributed by atoms with van der Waals surface area (Å²) in [6.45, 7) is 1.87. The van der Waals surface area contributed by atoms with E-state index in [0.717, 1.165) is 35.2 Å². The molecule has 6 heteroatoms. The van der Waals surface area contributed by atoms with Gasteiger partial charge in [-0.05, 0) is 36.8 Å². The molecule has 1 unspecified atom stereocenters. The molecule has 3 aromatic rings. The Morgan fingerprint density at radius 1 is 1.31 bits per heavy atom. The maximum atomic E-state index is 13.4. The highest BCUT2D eigenvalue weighted by atomic mass is 32.1. The number of amides is 1. The zero-order chi connectivity index (χ0) is 18.3. The summed E-state index contributed by atoms with van der Waals surface area (Å²) in [5, 5.41) is 0.694. The fourth-order valence-electron chi connectivity index (χ4n) is 3.83. The molecule has 0 fully saturated rings. The normalized spacial score (nSPS) is 14.5. The van der Waals surface area contributed by atoms with Crippen molar-refractivity contribution in [3.63, 3.8) is 0 Å². The number of nitrogens with two attached hydrogens (primary N) is 1. The zero-order valence-electron chi connectivity index (χ0n) is 14.7. The van der Waals surface area contributed by atoms with E-state index >= 15 is 0 Å². The van der Waals surface area contributed by atoms with E-state index in [-0.39, 0.29) is 5.56 Å². The third-order valence-electron chi connectivity index (χ3n) is 5.08. The second kappa shape index (κ2) is 6.68. The molecule has 0 aliphatic heterocycles. The fourth-order valence-corrected chi connectivity index (χ4v) is 5.10. The molecule has 2 N–H and O–H groups in total. The van der Waals surface area contributed by atoms with Crippen molar-refractivity contribution in [3.8, 4) is 0 Å². The first-order valence-electron chi connectivity index (χ1n) is 8.99. The fraction of sp³-hybridized carbons (Fsp3) is 0.350. The van der Waals surface area contributed by atoms with Crippen LogP contribution in [-0.2, 0) is 24.1 Å². The minimum absolute atomic E-state index is 0.119. The number of fused-ring (bicyclic) bond motifs is 3. The van der Waals surface area contributed by atoms with Crippen LogP contribution in [0.4, 0.5) is 0 Å². The molecule has 1 amide bonds. The Bertz CT molecular complexity index is 1040. The number of carbonyl (C=O) groups excluding carboxylic acids is 1. The van der Waals surface area contributed by atoms with E-state index in [9.17, 15) is 9.59 Å². The van der Waals surface area contributed by atoms with Gasteiger partial charge in [-0.2, -0.15) is 0 Å². The van der Waals surface area contributed by atoms with Gasteiger partial charge >= 0.3 is 0 Å². The lowest BCUT2D eigenvalue weighted by atomic mass is 10.1. The summed E-state index contributed by atoms with van der Waals surface area (Å²) < 4.78 is 1.54. The van der Waals surface area contributed by atoms with E-state index < -0.39 is 11.9 Å². The standard InChI is InChI=1S/C20H21N3O2S/c1-2-14(18(21)24)23-16(11-12-7-4-3-5-8-12)22-19-17(20(23)25)13-9-6-10-15(13)26-19/h3-5,7-8,14H,2,6,9-11H2,1H3,(H2,21,24). The molecule has 1 aliphatic rings. The second-order valence-corrected chi connectivity index (χ2v) is 7.81. The van der Waals surface area contributed by atoms with E-state index in [4.69, 9.17) is 10.7 Å². The van der Waals surface area contributed by atoms with Gasteiger partial charge in [-0.25, -0.2) is 4.98 Å². The highest BCUT2D eigenvalue weighted by Crippen LogP contribution is 2.35. The Kier molecular flexibility index (Phi) is 4.36. The van der Waals surface area contributed by atoms with Crippen LogP contribution in [0.5, 0.6) is 0 Å². The topological polar surface area (TPSA) is 78.0 Å². The summed E-state index contributed by atoms with van der Waals surface area (Å²) in [6.07, 6.45) is 3.97. The number of hydrogen-bond acceptors (Lipinski definition) is 4. The smallest absolute Gasteiger partial charge is 0.263 e. The van der Waals surface area contributed by atoms with Crippen LogP contribution in [0, 0.1) is 0 Å². The lowest BCUT2D eigenvalue weighted by molar-refractivity contribution is -0.121. The van der Waals surface area contributed by atoms with Crippen molar-refractivity contribution in [2.45, 2.75) is 45.1 Å². The summed E-state index contributed by atoms with van der Waals surface area (Å²) in [6, 6.07) is 9.20. The number of hydrogen-bond donors (Lipinski definition) is 1. The molecule has 134 valence electrons. The first-order chi connectivity index (χ1) is 12.6. The molecule has 0 saturated heterocycles. The largest absolute Gasteiger partial charge is 0.368 e. The molecule has 2 heterocycles. The molecular formula is C20H21N3O2S. The molecule has 0 bridgehead atoms. The van der Waals surface area contributed by atoms with Crippen LogP contribution < -0.4 is 11.3 Å². The lowest BCUT2D eigenvalue weighted by Crippen LogP contribution is -2.36. The van der Waals surface area contributed by atoms with Crippen molar-refractivity contribution in [2.24, 2.45) is 5.73 Å². The van der Waals surface area contributed by atoms with Crippen molar-refractivity contribution < 1.29 is 4.79 Å². The molecule has 5 nitrogen and oxygen atoms in total. The maximum Gasteiger partial charge on any atom is 0.263 e. The third kappa shape index (κ3) is 2.74. The quantitative estimate of drug-likeness (QED) is 0.753. The number of primary amides is 1. The highest BCUT2D eigenvalue weighted by Gasteiger charge is 2.27. The SMILES string of the molecule is CCC(C(N)=O)n1c(Cc2ccccc2)nc2sc3c(c2c1=O)CCC3. The molecular weight excluding hydrogens is 346 g/mol. The van der Waals surface area contributed by atoms with Gasteiger partial charge in [0.1, 0.15) is 16.7 Å². The predicted molar refractivity (Wildman–Crippen MR) is 104 cm³/mol. The number of nitrogens with zero attached hydrogens (tertiary/aromatic N) is 2. The number of aromatic nitrogens is 2. The van der Waals surface area contributed by atoms with Crippen LogP contribution in [0.25, 0.3) is 10.2 Å². The van der Waals surface area contributed by atoms with Crippen LogP contribution in [0.2, 0.25) is 0 Å². The molecule has 1 aromatic carbocycles. The average molecular weight is 367 g/mol.